The van der Waals surface area contributed by atoms with Crippen molar-refractivity contribution < 1.29 is 18.3 Å². The van der Waals surface area contributed by atoms with Crippen LogP contribution in [0.5, 0.6) is 0 Å². The third-order valence-corrected chi connectivity index (χ3v) is 2.36. The lowest BCUT2D eigenvalue weighted by molar-refractivity contribution is 0.0506. The quantitative estimate of drug-likeness (QED) is 0.767. The number of alkyl halides is 2. The number of rotatable bonds is 5. The molecule has 0 unspecified atom stereocenters. The van der Waals surface area contributed by atoms with Crippen molar-refractivity contribution in [2.24, 2.45) is 0 Å². The van der Waals surface area contributed by atoms with E-state index in [9.17, 15) is 13.6 Å². The van der Waals surface area contributed by atoms with E-state index in [2.05, 4.69) is 25.0 Å². The molecule has 0 saturated heterocycles. The molecule has 2 heterocycles. The highest BCUT2D eigenvalue weighted by atomic mass is 19.3. The lowest BCUT2D eigenvalue weighted by Crippen LogP contribution is -2.13. The van der Waals surface area contributed by atoms with Gasteiger partial charge in [0.1, 0.15) is 18.1 Å². The predicted octanol–water partition coefficient (Wildman–Crippen LogP) is 1.23. The van der Waals surface area contributed by atoms with E-state index in [1.165, 1.54) is 12.4 Å². The van der Waals surface area contributed by atoms with Crippen molar-refractivity contribution in [1.29, 1.82) is 0 Å². The van der Waals surface area contributed by atoms with Gasteiger partial charge in [-0.05, 0) is 13.0 Å². The van der Waals surface area contributed by atoms with E-state index in [0.717, 1.165) is 4.68 Å². The summed E-state index contributed by atoms with van der Waals surface area (Å²) >= 11 is 0. The molecule has 0 spiro atoms. The Labute approximate surface area is 112 Å². The van der Waals surface area contributed by atoms with Crippen LogP contribution in [0.2, 0.25) is 0 Å². The Morgan fingerprint density at radius 1 is 1.40 bits per heavy atom. The minimum atomic E-state index is -2.91. The highest BCUT2D eigenvalue weighted by Crippen LogP contribution is 2.22. The van der Waals surface area contributed by atoms with E-state index >= 15 is 0 Å². The smallest absolute Gasteiger partial charge is 0.361 e. The topological polar surface area (TPSA) is 82.8 Å². The van der Waals surface area contributed by atoms with Gasteiger partial charge in [0.15, 0.2) is 5.69 Å². The lowest BCUT2D eigenvalue weighted by Gasteiger charge is -2.06. The summed E-state index contributed by atoms with van der Waals surface area (Å²) in [4.78, 5) is 19.3. The maximum atomic E-state index is 13.1. The Morgan fingerprint density at radius 3 is 2.70 bits per heavy atom. The van der Waals surface area contributed by atoms with Crippen molar-refractivity contribution >= 4 is 5.97 Å². The van der Waals surface area contributed by atoms with Crippen LogP contribution in [0, 0.1) is 0 Å². The van der Waals surface area contributed by atoms with E-state index in [1.54, 1.807) is 13.0 Å². The molecule has 0 aliphatic rings. The number of esters is 1. The fourth-order valence-corrected chi connectivity index (χ4v) is 1.54. The molecule has 0 saturated carbocycles. The summed E-state index contributed by atoms with van der Waals surface area (Å²) in [5.74, 6) is -0.641. The first-order chi connectivity index (χ1) is 9.63. The molecular formula is C11H11F2N5O2. The van der Waals surface area contributed by atoms with Crippen molar-refractivity contribution in [3.05, 3.63) is 35.7 Å². The molecule has 0 bridgehead atoms. The van der Waals surface area contributed by atoms with E-state index in [-0.39, 0.29) is 19.0 Å². The van der Waals surface area contributed by atoms with Gasteiger partial charge in [-0.1, -0.05) is 5.21 Å². The fraction of sp³-hybridized carbons (Fsp3) is 0.364. The minimum absolute atomic E-state index is 0.0656. The first kappa shape index (κ1) is 14.0. The molecule has 7 nitrogen and oxygen atoms in total. The van der Waals surface area contributed by atoms with Crippen LogP contribution in [-0.4, -0.2) is 37.5 Å². The number of ether oxygens (including phenoxy) is 1. The van der Waals surface area contributed by atoms with Crippen molar-refractivity contribution in [1.82, 2.24) is 25.0 Å². The zero-order valence-corrected chi connectivity index (χ0v) is 10.5. The Balaban J connectivity index is 2.32. The number of aromatic nitrogens is 5. The Hall–Kier alpha value is -2.45. The molecule has 2 aromatic heterocycles. The molecule has 106 valence electrons. The fourth-order valence-electron chi connectivity index (χ4n) is 1.54. The van der Waals surface area contributed by atoms with Crippen molar-refractivity contribution in [3.8, 4) is 0 Å². The molecular weight excluding hydrogens is 272 g/mol. The van der Waals surface area contributed by atoms with Gasteiger partial charge >= 0.3 is 5.97 Å². The van der Waals surface area contributed by atoms with Gasteiger partial charge in [0.2, 0.25) is 0 Å². The van der Waals surface area contributed by atoms with E-state index in [4.69, 9.17) is 0 Å². The van der Waals surface area contributed by atoms with Crippen LogP contribution in [0.15, 0.2) is 18.5 Å². The molecule has 20 heavy (non-hydrogen) atoms. The van der Waals surface area contributed by atoms with E-state index in [0.29, 0.717) is 0 Å². The Bertz CT molecular complexity index is 588. The van der Waals surface area contributed by atoms with Crippen molar-refractivity contribution in [3.63, 3.8) is 0 Å². The third-order valence-electron chi connectivity index (χ3n) is 2.36. The molecule has 0 aromatic carbocycles. The molecule has 2 aromatic rings. The summed E-state index contributed by atoms with van der Waals surface area (Å²) < 4.78 is 31.7. The second-order valence-electron chi connectivity index (χ2n) is 3.67. The molecule has 0 atom stereocenters. The second-order valence-corrected chi connectivity index (χ2v) is 3.67. The normalized spacial score (nSPS) is 10.8. The van der Waals surface area contributed by atoms with Gasteiger partial charge in [0, 0.05) is 12.4 Å². The van der Waals surface area contributed by atoms with Crippen LogP contribution in [0.1, 0.15) is 35.4 Å². The van der Waals surface area contributed by atoms with Gasteiger partial charge < -0.3 is 4.74 Å². The summed E-state index contributed by atoms with van der Waals surface area (Å²) in [6, 6.07) is 1.60. The molecule has 2 rings (SSSR count). The van der Waals surface area contributed by atoms with Crippen LogP contribution in [0.4, 0.5) is 8.78 Å². The van der Waals surface area contributed by atoms with Crippen LogP contribution >= 0.6 is 0 Å². The van der Waals surface area contributed by atoms with Crippen molar-refractivity contribution in [2.75, 3.05) is 6.61 Å². The molecule has 0 aliphatic heterocycles. The number of halogens is 2. The van der Waals surface area contributed by atoms with Gasteiger partial charge in [-0.2, -0.15) is 0 Å². The zero-order chi connectivity index (χ0) is 14.5. The Kier molecular flexibility index (Phi) is 4.28. The monoisotopic (exact) mass is 283 g/mol. The number of nitrogens with zero attached hydrogens (tertiary/aromatic N) is 5. The standard InChI is InChI=1S/C11H11F2N5O2/c1-2-20-11(19)8-9(10(12)13)18(17-16-8)6-7-14-4-3-5-15-7/h3-5,10H,2,6H2,1H3. The molecule has 0 aliphatic carbocycles. The average Bonchev–Trinajstić information content (AvgIpc) is 2.84. The summed E-state index contributed by atoms with van der Waals surface area (Å²) in [6.45, 7) is 1.53. The number of carbonyl (C=O) groups is 1. The molecule has 0 amide bonds. The predicted molar refractivity (Wildman–Crippen MR) is 62.1 cm³/mol. The van der Waals surface area contributed by atoms with Crippen LogP contribution < -0.4 is 0 Å². The highest BCUT2D eigenvalue weighted by Gasteiger charge is 2.27. The molecule has 9 heteroatoms. The summed E-state index contributed by atoms with van der Waals surface area (Å²) in [5.41, 5.74) is -1.09. The zero-order valence-electron chi connectivity index (χ0n) is 10.5. The largest absolute Gasteiger partial charge is 0.461 e. The van der Waals surface area contributed by atoms with E-state index in [1.807, 2.05) is 0 Å². The number of carbonyl (C=O) groups excluding carboxylic acids is 1. The summed E-state index contributed by atoms with van der Waals surface area (Å²) in [7, 11) is 0. The third kappa shape index (κ3) is 2.92. The minimum Gasteiger partial charge on any atom is -0.461 e. The second kappa shape index (κ2) is 6.13. The van der Waals surface area contributed by atoms with E-state index < -0.39 is 23.8 Å². The SMILES string of the molecule is CCOC(=O)c1nnn(Cc2ncccn2)c1C(F)F. The molecule has 0 fully saturated rings. The number of hydrogen-bond donors (Lipinski definition) is 0. The van der Waals surface area contributed by atoms with Crippen molar-refractivity contribution in [2.45, 2.75) is 19.9 Å². The van der Waals surface area contributed by atoms with Gasteiger partial charge in [-0.15, -0.1) is 5.10 Å². The Morgan fingerprint density at radius 2 is 2.10 bits per heavy atom. The first-order valence-corrected chi connectivity index (χ1v) is 5.78. The van der Waals surface area contributed by atoms with Gasteiger partial charge in [0.25, 0.3) is 6.43 Å². The van der Waals surface area contributed by atoms with Gasteiger partial charge in [0.05, 0.1) is 6.61 Å². The van der Waals surface area contributed by atoms with Crippen LogP contribution in [-0.2, 0) is 11.3 Å². The van der Waals surface area contributed by atoms with Gasteiger partial charge in [-0.3, -0.25) is 0 Å². The highest BCUT2D eigenvalue weighted by molar-refractivity contribution is 5.88. The van der Waals surface area contributed by atoms with Crippen LogP contribution in [0.25, 0.3) is 0 Å². The molecule has 0 N–H and O–H groups in total. The first-order valence-electron chi connectivity index (χ1n) is 5.78. The summed E-state index contributed by atoms with van der Waals surface area (Å²) in [5, 5.41) is 7.00. The lowest BCUT2D eigenvalue weighted by atomic mass is 10.3. The summed E-state index contributed by atoms with van der Waals surface area (Å²) in [6.07, 6.45) is 0.0503. The van der Waals surface area contributed by atoms with Crippen LogP contribution in [0.3, 0.4) is 0 Å². The average molecular weight is 283 g/mol. The number of hydrogen-bond acceptors (Lipinski definition) is 6. The molecule has 0 radical (unpaired) electrons. The van der Waals surface area contributed by atoms with Gasteiger partial charge in [-0.25, -0.2) is 28.2 Å². The maximum Gasteiger partial charge on any atom is 0.361 e. The maximum absolute atomic E-state index is 13.1.